The number of anilines is 3. The number of aromatic nitrogens is 3. The molecule has 2 aromatic carbocycles. The summed E-state index contributed by atoms with van der Waals surface area (Å²) in [7, 11) is 0. The maximum atomic E-state index is 12.9. The predicted octanol–water partition coefficient (Wildman–Crippen LogP) is 3.77. The van der Waals surface area contributed by atoms with Crippen molar-refractivity contribution in [1.82, 2.24) is 15.0 Å². The molecule has 0 spiro atoms. The number of nitrogen functional groups attached to an aromatic ring is 1. The van der Waals surface area contributed by atoms with E-state index >= 15 is 0 Å². The molecule has 1 heterocycles. The van der Waals surface area contributed by atoms with E-state index in [4.69, 9.17) is 5.73 Å². The molecule has 3 aromatic rings. The first-order valence-electron chi connectivity index (χ1n) is 7.00. The lowest BCUT2D eigenvalue weighted by Gasteiger charge is -2.07. The molecule has 0 aliphatic rings. The third kappa shape index (κ3) is 4.39. The Morgan fingerprint density at radius 1 is 0.875 bits per heavy atom. The molecule has 1 aromatic heterocycles. The smallest absolute Gasteiger partial charge is 0.232 e. The van der Waals surface area contributed by atoms with Crippen LogP contribution in [0.3, 0.4) is 0 Å². The van der Waals surface area contributed by atoms with E-state index in [0.29, 0.717) is 17.3 Å². The van der Waals surface area contributed by atoms with Crippen LogP contribution >= 0.6 is 11.8 Å². The molecule has 0 amide bonds. The zero-order chi connectivity index (χ0) is 16.9. The van der Waals surface area contributed by atoms with Crippen molar-refractivity contribution in [2.45, 2.75) is 10.6 Å². The van der Waals surface area contributed by atoms with Gasteiger partial charge in [-0.15, -0.1) is 11.8 Å². The zero-order valence-corrected chi connectivity index (χ0v) is 13.2. The number of hydrogen-bond acceptors (Lipinski definition) is 6. The van der Waals surface area contributed by atoms with Crippen LogP contribution in [0.2, 0.25) is 0 Å². The van der Waals surface area contributed by atoms with Gasteiger partial charge in [0.1, 0.15) is 17.5 Å². The standard InChI is InChI=1S/C16H13F2N5S/c17-10-1-5-12(6-2-10)20-16-22-14(21-15(19)23-16)9-24-13-7-3-11(18)4-8-13/h1-8H,9H2,(H3,19,20,21,22,23). The summed E-state index contributed by atoms with van der Waals surface area (Å²) in [4.78, 5) is 13.3. The second-order valence-electron chi connectivity index (χ2n) is 4.81. The van der Waals surface area contributed by atoms with Crippen LogP contribution < -0.4 is 11.1 Å². The van der Waals surface area contributed by atoms with Crippen LogP contribution in [0, 0.1) is 11.6 Å². The maximum absolute atomic E-state index is 12.9. The minimum Gasteiger partial charge on any atom is -0.368 e. The minimum atomic E-state index is -0.327. The number of nitrogens with zero attached hydrogens (tertiary/aromatic N) is 3. The SMILES string of the molecule is Nc1nc(CSc2ccc(F)cc2)nc(Nc2ccc(F)cc2)n1. The first kappa shape index (κ1) is 16.1. The normalized spacial score (nSPS) is 10.6. The van der Waals surface area contributed by atoms with Crippen molar-refractivity contribution >= 4 is 29.3 Å². The van der Waals surface area contributed by atoms with Gasteiger partial charge in [0.25, 0.3) is 0 Å². The van der Waals surface area contributed by atoms with Crippen LogP contribution in [0.5, 0.6) is 0 Å². The summed E-state index contributed by atoms with van der Waals surface area (Å²) in [5.74, 6) is 0.701. The number of rotatable bonds is 5. The molecular formula is C16H13F2N5S. The van der Waals surface area contributed by atoms with Crippen molar-refractivity contribution < 1.29 is 8.78 Å². The van der Waals surface area contributed by atoms with Gasteiger partial charge in [0, 0.05) is 10.6 Å². The average Bonchev–Trinajstić information content (AvgIpc) is 2.56. The summed E-state index contributed by atoms with van der Waals surface area (Å²) in [6.45, 7) is 0. The lowest BCUT2D eigenvalue weighted by atomic mass is 10.3. The Kier molecular flexibility index (Phi) is 4.85. The first-order chi connectivity index (χ1) is 11.6. The third-order valence-corrected chi connectivity index (χ3v) is 3.99. The molecule has 0 radical (unpaired) electrons. The first-order valence-corrected chi connectivity index (χ1v) is 7.98. The molecule has 0 unspecified atom stereocenters. The van der Waals surface area contributed by atoms with Crippen LogP contribution in [0.15, 0.2) is 53.4 Å². The number of nitrogens with two attached hydrogens (primary N) is 1. The van der Waals surface area contributed by atoms with E-state index in [0.717, 1.165) is 4.90 Å². The quantitative estimate of drug-likeness (QED) is 0.686. The summed E-state index contributed by atoms with van der Waals surface area (Å²) < 4.78 is 25.8. The van der Waals surface area contributed by atoms with Crippen molar-refractivity contribution in [1.29, 1.82) is 0 Å². The van der Waals surface area contributed by atoms with E-state index in [1.807, 2.05) is 0 Å². The summed E-state index contributed by atoms with van der Waals surface area (Å²) in [5.41, 5.74) is 6.34. The lowest BCUT2D eigenvalue weighted by Crippen LogP contribution is -2.06. The van der Waals surface area contributed by atoms with Crippen molar-refractivity contribution in [3.8, 4) is 0 Å². The van der Waals surface area contributed by atoms with E-state index in [1.165, 1.54) is 36.0 Å². The van der Waals surface area contributed by atoms with Gasteiger partial charge in [0.15, 0.2) is 0 Å². The fourth-order valence-corrected chi connectivity index (χ4v) is 2.65. The highest BCUT2D eigenvalue weighted by atomic mass is 32.2. The summed E-state index contributed by atoms with van der Waals surface area (Å²) in [6.07, 6.45) is 0. The number of hydrogen-bond donors (Lipinski definition) is 2. The molecule has 0 saturated carbocycles. The molecule has 24 heavy (non-hydrogen) atoms. The van der Waals surface area contributed by atoms with E-state index in [2.05, 4.69) is 20.3 Å². The summed E-state index contributed by atoms with van der Waals surface area (Å²) in [5, 5.41) is 2.95. The molecule has 5 nitrogen and oxygen atoms in total. The fraction of sp³-hybridized carbons (Fsp3) is 0.0625. The zero-order valence-electron chi connectivity index (χ0n) is 12.4. The van der Waals surface area contributed by atoms with Crippen molar-refractivity contribution in [3.05, 3.63) is 66.0 Å². The van der Waals surface area contributed by atoms with Gasteiger partial charge in [-0.1, -0.05) is 0 Å². The van der Waals surface area contributed by atoms with Crippen LogP contribution in [0.25, 0.3) is 0 Å². The van der Waals surface area contributed by atoms with E-state index < -0.39 is 0 Å². The largest absolute Gasteiger partial charge is 0.368 e. The lowest BCUT2D eigenvalue weighted by molar-refractivity contribution is 0.626. The van der Waals surface area contributed by atoms with Gasteiger partial charge < -0.3 is 11.1 Å². The van der Waals surface area contributed by atoms with Crippen molar-refractivity contribution in [2.24, 2.45) is 0 Å². The Labute approximate surface area is 141 Å². The third-order valence-electron chi connectivity index (χ3n) is 2.98. The molecule has 0 bridgehead atoms. The van der Waals surface area contributed by atoms with Crippen molar-refractivity contribution in [3.63, 3.8) is 0 Å². The number of benzene rings is 2. The Bertz CT molecular complexity index is 825. The molecule has 0 aliphatic heterocycles. The second-order valence-corrected chi connectivity index (χ2v) is 5.86. The number of nitrogens with one attached hydrogen (secondary N) is 1. The van der Waals surface area contributed by atoms with Gasteiger partial charge in [0.2, 0.25) is 11.9 Å². The predicted molar refractivity (Wildman–Crippen MR) is 89.9 cm³/mol. The molecule has 3 N–H and O–H groups in total. The maximum Gasteiger partial charge on any atom is 0.232 e. The van der Waals surface area contributed by atoms with E-state index in [9.17, 15) is 8.78 Å². The summed E-state index contributed by atoms with van der Waals surface area (Å²) in [6, 6.07) is 12.0. The molecule has 0 saturated heterocycles. The van der Waals surface area contributed by atoms with Gasteiger partial charge >= 0.3 is 0 Å². The molecule has 0 aliphatic carbocycles. The van der Waals surface area contributed by atoms with Gasteiger partial charge in [-0.25, -0.2) is 8.78 Å². The van der Waals surface area contributed by atoms with Gasteiger partial charge in [0.05, 0.1) is 5.75 Å². The van der Waals surface area contributed by atoms with Gasteiger partial charge in [-0.2, -0.15) is 15.0 Å². The monoisotopic (exact) mass is 345 g/mol. The van der Waals surface area contributed by atoms with Crippen LogP contribution in [-0.4, -0.2) is 15.0 Å². The highest BCUT2D eigenvalue weighted by Gasteiger charge is 2.06. The minimum absolute atomic E-state index is 0.0873. The topological polar surface area (TPSA) is 76.7 Å². The highest BCUT2D eigenvalue weighted by Crippen LogP contribution is 2.22. The van der Waals surface area contributed by atoms with Crippen LogP contribution in [-0.2, 0) is 5.75 Å². The van der Waals surface area contributed by atoms with Crippen LogP contribution in [0.4, 0.5) is 26.4 Å². The Morgan fingerprint density at radius 2 is 1.50 bits per heavy atom. The summed E-state index contributed by atoms with van der Waals surface area (Å²) >= 11 is 1.46. The van der Waals surface area contributed by atoms with Gasteiger partial charge in [-0.3, -0.25) is 0 Å². The van der Waals surface area contributed by atoms with E-state index in [1.54, 1.807) is 24.3 Å². The Hall–Kier alpha value is -2.74. The van der Waals surface area contributed by atoms with Crippen molar-refractivity contribution in [2.75, 3.05) is 11.1 Å². The molecule has 0 atom stereocenters. The molecule has 0 fully saturated rings. The fourth-order valence-electron chi connectivity index (χ4n) is 1.90. The van der Waals surface area contributed by atoms with E-state index in [-0.39, 0.29) is 23.5 Å². The van der Waals surface area contributed by atoms with Crippen LogP contribution in [0.1, 0.15) is 5.82 Å². The molecule has 3 rings (SSSR count). The highest BCUT2D eigenvalue weighted by molar-refractivity contribution is 7.98. The molecule has 8 heteroatoms. The Morgan fingerprint density at radius 3 is 2.17 bits per heavy atom. The molecule has 122 valence electrons. The average molecular weight is 345 g/mol. The molecular weight excluding hydrogens is 332 g/mol. The van der Waals surface area contributed by atoms with Gasteiger partial charge in [-0.05, 0) is 48.5 Å². The Balaban J connectivity index is 1.71. The number of halogens is 2. The number of thioether (sulfide) groups is 1. The second kappa shape index (κ2) is 7.22.